The molecule has 0 spiro atoms. The fourth-order valence-corrected chi connectivity index (χ4v) is 1.17. The van der Waals surface area contributed by atoms with Gasteiger partial charge < -0.3 is 10.2 Å². The molecular formula is C11H24N2O. The van der Waals surface area contributed by atoms with E-state index in [1.165, 1.54) is 0 Å². The lowest BCUT2D eigenvalue weighted by atomic mass is 10.0. The fourth-order valence-electron chi connectivity index (χ4n) is 1.17. The van der Waals surface area contributed by atoms with Crippen molar-refractivity contribution < 1.29 is 4.79 Å². The van der Waals surface area contributed by atoms with Crippen molar-refractivity contribution in [2.45, 2.75) is 33.7 Å². The minimum Gasteiger partial charge on any atom is -0.352 e. The highest BCUT2D eigenvalue weighted by Gasteiger charge is 2.18. The van der Waals surface area contributed by atoms with Gasteiger partial charge in [-0.15, -0.1) is 0 Å². The molecule has 14 heavy (non-hydrogen) atoms. The molecule has 3 nitrogen and oxygen atoms in total. The van der Waals surface area contributed by atoms with Gasteiger partial charge in [0.1, 0.15) is 0 Å². The van der Waals surface area contributed by atoms with E-state index in [9.17, 15) is 4.79 Å². The summed E-state index contributed by atoms with van der Waals surface area (Å²) in [5.41, 5.74) is 0. The van der Waals surface area contributed by atoms with Crippen LogP contribution in [0.3, 0.4) is 0 Å². The van der Waals surface area contributed by atoms with Crippen molar-refractivity contribution in [3.05, 3.63) is 0 Å². The predicted molar refractivity (Wildman–Crippen MR) is 60.2 cm³/mol. The highest BCUT2D eigenvalue weighted by atomic mass is 16.1. The number of rotatable bonds is 5. The van der Waals surface area contributed by atoms with Crippen LogP contribution in [0.25, 0.3) is 0 Å². The van der Waals surface area contributed by atoms with Crippen LogP contribution in [-0.4, -0.2) is 37.5 Å². The van der Waals surface area contributed by atoms with Crippen LogP contribution in [0.1, 0.15) is 27.7 Å². The van der Waals surface area contributed by atoms with Crippen molar-refractivity contribution in [2.24, 2.45) is 11.8 Å². The molecule has 1 N–H and O–H groups in total. The number of nitrogens with one attached hydrogen (secondary N) is 1. The van der Waals surface area contributed by atoms with E-state index < -0.39 is 0 Å². The van der Waals surface area contributed by atoms with E-state index in [1.54, 1.807) is 0 Å². The van der Waals surface area contributed by atoms with Gasteiger partial charge in [0.05, 0.1) is 0 Å². The zero-order valence-electron chi connectivity index (χ0n) is 10.3. The van der Waals surface area contributed by atoms with Crippen molar-refractivity contribution in [2.75, 3.05) is 20.6 Å². The molecule has 0 aliphatic heterocycles. The lowest BCUT2D eigenvalue weighted by Crippen LogP contribution is -2.46. The Balaban J connectivity index is 4.16. The molecule has 0 heterocycles. The number of amides is 1. The van der Waals surface area contributed by atoms with Gasteiger partial charge in [0.15, 0.2) is 0 Å². The molecular weight excluding hydrogens is 176 g/mol. The maximum atomic E-state index is 11.5. The molecule has 0 aromatic rings. The zero-order chi connectivity index (χ0) is 11.3. The van der Waals surface area contributed by atoms with Gasteiger partial charge in [-0.05, 0) is 20.0 Å². The molecule has 0 saturated carbocycles. The van der Waals surface area contributed by atoms with E-state index >= 15 is 0 Å². The van der Waals surface area contributed by atoms with Gasteiger partial charge in [-0.3, -0.25) is 4.79 Å². The molecule has 0 fully saturated rings. The van der Waals surface area contributed by atoms with Gasteiger partial charge >= 0.3 is 0 Å². The van der Waals surface area contributed by atoms with Crippen LogP contribution in [0.4, 0.5) is 0 Å². The molecule has 0 aliphatic rings. The molecule has 0 aromatic carbocycles. The molecule has 0 saturated heterocycles. The Labute approximate surface area is 87.9 Å². The monoisotopic (exact) mass is 200 g/mol. The van der Waals surface area contributed by atoms with Crippen LogP contribution >= 0.6 is 0 Å². The summed E-state index contributed by atoms with van der Waals surface area (Å²) in [6, 6.07) is 0.250. The van der Waals surface area contributed by atoms with Crippen LogP contribution in [-0.2, 0) is 4.79 Å². The third-order valence-electron chi connectivity index (χ3n) is 2.22. The Morgan fingerprint density at radius 2 is 1.71 bits per heavy atom. The first-order chi connectivity index (χ1) is 6.34. The topological polar surface area (TPSA) is 32.3 Å². The third-order valence-corrected chi connectivity index (χ3v) is 2.22. The van der Waals surface area contributed by atoms with Gasteiger partial charge in [-0.2, -0.15) is 0 Å². The van der Waals surface area contributed by atoms with Gasteiger partial charge in [-0.1, -0.05) is 27.7 Å². The molecule has 0 radical (unpaired) electrons. The van der Waals surface area contributed by atoms with Crippen LogP contribution in [0.5, 0.6) is 0 Å². The smallest absolute Gasteiger partial charge is 0.222 e. The summed E-state index contributed by atoms with van der Waals surface area (Å²) < 4.78 is 0. The van der Waals surface area contributed by atoms with Crippen molar-refractivity contribution in [3.8, 4) is 0 Å². The Morgan fingerprint density at radius 1 is 1.21 bits per heavy atom. The number of carbonyl (C=O) groups is 1. The Hall–Kier alpha value is -0.570. The van der Waals surface area contributed by atoms with Crippen molar-refractivity contribution in [1.29, 1.82) is 0 Å². The minimum atomic E-state index is 0.0680. The Morgan fingerprint density at radius 3 is 2.00 bits per heavy atom. The van der Waals surface area contributed by atoms with Crippen molar-refractivity contribution in [1.82, 2.24) is 10.2 Å². The summed E-state index contributed by atoms with van der Waals surface area (Å²) in [4.78, 5) is 13.6. The zero-order valence-corrected chi connectivity index (χ0v) is 10.3. The van der Waals surface area contributed by atoms with Gasteiger partial charge in [-0.25, -0.2) is 0 Å². The second-order valence-corrected chi connectivity index (χ2v) is 4.78. The fraction of sp³-hybridized carbons (Fsp3) is 0.909. The van der Waals surface area contributed by atoms with Crippen LogP contribution in [0, 0.1) is 11.8 Å². The highest BCUT2D eigenvalue weighted by molar-refractivity contribution is 5.78. The van der Waals surface area contributed by atoms with E-state index in [2.05, 4.69) is 24.1 Å². The molecule has 0 bridgehead atoms. The molecule has 0 rings (SSSR count). The first-order valence-corrected chi connectivity index (χ1v) is 5.29. The third kappa shape index (κ3) is 5.22. The minimum absolute atomic E-state index is 0.0680. The van der Waals surface area contributed by atoms with Crippen LogP contribution in [0.15, 0.2) is 0 Å². The lowest BCUT2D eigenvalue weighted by Gasteiger charge is -2.26. The van der Waals surface area contributed by atoms with Gasteiger partial charge in [0, 0.05) is 18.5 Å². The van der Waals surface area contributed by atoms with Crippen LogP contribution < -0.4 is 5.32 Å². The predicted octanol–water partition coefficient (Wildman–Crippen LogP) is 1.34. The first kappa shape index (κ1) is 13.4. The quantitative estimate of drug-likeness (QED) is 0.726. The Bertz CT molecular complexity index is 176. The highest BCUT2D eigenvalue weighted by Crippen LogP contribution is 2.04. The summed E-state index contributed by atoms with van der Waals surface area (Å²) in [5.74, 6) is 0.684. The Kier molecular flexibility index (Phi) is 5.77. The van der Waals surface area contributed by atoms with Gasteiger partial charge in [0.25, 0.3) is 0 Å². The SMILES string of the molecule is CC(C)C(=O)NC(CN(C)C)C(C)C. The lowest BCUT2D eigenvalue weighted by molar-refractivity contribution is -0.125. The van der Waals surface area contributed by atoms with E-state index in [1.807, 2.05) is 27.9 Å². The molecule has 1 amide bonds. The number of hydrogen-bond donors (Lipinski definition) is 1. The average molecular weight is 200 g/mol. The number of carbonyl (C=O) groups excluding carboxylic acids is 1. The second-order valence-electron chi connectivity index (χ2n) is 4.78. The molecule has 3 heteroatoms. The van der Waals surface area contributed by atoms with Crippen molar-refractivity contribution in [3.63, 3.8) is 0 Å². The summed E-state index contributed by atoms with van der Waals surface area (Å²) in [7, 11) is 4.05. The molecule has 84 valence electrons. The molecule has 0 aromatic heterocycles. The first-order valence-electron chi connectivity index (χ1n) is 5.29. The normalized spacial score (nSPS) is 13.8. The maximum Gasteiger partial charge on any atom is 0.222 e. The van der Waals surface area contributed by atoms with Crippen LogP contribution in [0.2, 0.25) is 0 Å². The van der Waals surface area contributed by atoms with Crippen molar-refractivity contribution >= 4 is 5.91 Å². The largest absolute Gasteiger partial charge is 0.352 e. The standard InChI is InChI=1S/C11H24N2O/c1-8(2)10(7-13(5)6)12-11(14)9(3)4/h8-10H,7H2,1-6H3,(H,12,14). The summed E-state index contributed by atoms with van der Waals surface area (Å²) in [5, 5.41) is 3.07. The maximum absolute atomic E-state index is 11.5. The average Bonchev–Trinajstić information content (AvgIpc) is 2.01. The number of hydrogen-bond acceptors (Lipinski definition) is 2. The number of likely N-dealkylation sites (N-methyl/N-ethyl adjacent to an activating group) is 1. The summed E-state index contributed by atoms with van der Waals surface area (Å²) >= 11 is 0. The molecule has 0 aliphatic carbocycles. The number of nitrogens with zero attached hydrogens (tertiary/aromatic N) is 1. The van der Waals surface area contributed by atoms with E-state index in [0.717, 1.165) is 6.54 Å². The second kappa shape index (κ2) is 6.02. The summed E-state index contributed by atoms with van der Waals surface area (Å²) in [6.45, 7) is 9.00. The van der Waals surface area contributed by atoms with E-state index in [-0.39, 0.29) is 17.9 Å². The van der Waals surface area contributed by atoms with E-state index in [0.29, 0.717) is 5.92 Å². The van der Waals surface area contributed by atoms with E-state index in [4.69, 9.17) is 0 Å². The molecule has 1 atom stereocenters. The summed E-state index contributed by atoms with van der Waals surface area (Å²) in [6.07, 6.45) is 0. The molecule has 1 unspecified atom stereocenters. The van der Waals surface area contributed by atoms with Gasteiger partial charge in [0.2, 0.25) is 5.91 Å².